The summed E-state index contributed by atoms with van der Waals surface area (Å²) < 4.78 is 51.0. The molecule has 20 heteroatoms. The monoisotopic (exact) mass is 497 g/mol. The number of aryl methyl sites for hydroxylation is 1. The zero-order chi connectivity index (χ0) is 23.1. The Morgan fingerprint density at radius 2 is 1.73 bits per heavy atom. The number of aliphatic hydroxyl groups is 2. The first-order valence-corrected chi connectivity index (χ1v) is 12.2. The summed E-state index contributed by atoms with van der Waals surface area (Å²) in [7, 11) is -16.7. The fraction of sp³-hybridized carbons (Fsp3) is 0.600. The third kappa shape index (κ3) is 6.48. The molecule has 30 heavy (non-hydrogen) atoms. The largest absolute Gasteiger partial charge is 0.490 e. The maximum Gasteiger partial charge on any atom is 0.490 e. The lowest BCUT2D eigenvalue weighted by molar-refractivity contribution is -0.0542. The topological polar surface area (TPSA) is 270 Å². The van der Waals surface area contributed by atoms with Crippen LogP contribution in [0.4, 0.5) is 5.82 Å². The summed E-state index contributed by atoms with van der Waals surface area (Å²) in [6.07, 6.45) is -5.32. The number of hydrogen-bond donors (Lipinski definition) is 7. The molecule has 0 spiro atoms. The van der Waals surface area contributed by atoms with E-state index >= 15 is 0 Å². The van der Waals surface area contributed by atoms with Crippen molar-refractivity contribution >= 4 is 29.3 Å². The summed E-state index contributed by atoms with van der Waals surface area (Å²) in [6, 6.07) is 0. The summed E-state index contributed by atoms with van der Waals surface area (Å²) >= 11 is 0. The number of nitrogens with two attached hydrogens (primary N) is 1. The van der Waals surface area contributed by atoms with Crippen LogP contribution >= 0.6 is 23.5 Å². The van der Waals surface area contributed by atoms with Crippen LogP contribution in [-0.2, 0) is 31.6 Å². The van der Waals surface area contributed by atoms with E-state index < -0.39 is 60.3 Å². The third-order valence-corrected chi connectivity index (χ3v) is 7.41. The number of nitrogen functional groups attached to an aromatic ring is 1. The van der Waals surface area contributed by atoms with Gasteiger partial charge in [-0.2, -0.15) is 13.6 Å². The van der Waals surface area contributed by atoms with Crippen molar-refractivity contribution < 1.29 is 61.4 Å². The van der Waals surface area contributed by atoms with E-state index in [1.807, 2.05) is 0 Å². The summed E-state index contributed by atoms with van der Waals surface area (Å²) in [5.41, 5.74) is 4.91. The zero-order valence-electron chi connectivity index (χ0n) is 14.9. The molecule has 2 heterocycles. The maximum absolute atomic E-state index is 12.0. The quantitative estimate of drug-likeness (QED) is 0.193. The standard InChI is InChI=1S/C10H18N3O14P3/c1-4-2-13(10(16)12-8(4)11)9-7(15)6(14)5(25-9)3-24-29(20,21)27-30(22,23)26-28(17,18)19/h2,5-7,9,14-15H,3H2,1H3,(H,20,21)(H,22,23)(H2,11,12,16)(H2,17,18,19). The molecule has 0 bridgehead atoms. The molecule has 1 fully saturated rings. The highest BCUT2D eigenvalue weighted by Gasteiger charge is 2.46. The highest BCUT2D eigenvalue weighted by atomic mass is 31.3. The number of ether oxygens (including phenoxy) is 1. The fourth-order valence-corrected chi connectivity index (χ4v) is 5.36. The van der Waals surface area contributed by atoms with Gasteiger partial charge in [0.05, 0.1) is 6.61 Å². The van der Waals surface area contributed by atoms with Gasteiger partial charge in [-0.15, -0.1) is 0 Å². The van der Waals surface area contributed by atoms with Crippen molar-refractivity contribution in [1.29, 1.82) is 0 Å². The first-order chi connectivity index (χ1) is 13.5. The predicted octanol–water partition coefficient (Wildman–Crippen LogP) is -1.90. The molecule has 1 aliphatic heterocycles. The zero-order valence-corrected chi connectivity index (χ0v) is 17.5. The SMILES string of the molecule is Cc1cn(C2OC(COP(=O)(O)OP(=O)(O)OP(=O)(O)O)C(O)C2O)c(=O)nc1N. The lowest BCUT2D eigenvalue weighted by Crippen LogP contribution is -2.36. The Labute approximate surface area is 167 Å². The van der Waals surface area contributed by atoms with Gasteiger partial charge >= 0.3 is 29.2 Å². The number of rotatable bonds is 8. The smallest absolute Gasteiger partial charge is 0.387 e. The van der Waals surface area contributed by atoms with Crippen LogP contribution in [0.3, 0.4) is 0 Å². The van der Waals surface area contributed by atoms with E-state index in [9.17, 15) is 33.6 Å². The second-order valence-corrected chi connectivity index (χ2v) is 10.4. The Balaban J connectivity index is 2.09. The van der Waals surface area contributed by atoms with Crippen LogP contribution in [0.2, 0.25) is 0 Å². The van der Waals surface area contributed by atoms with Gasteiger partial charge in [0.1, 0.15) is 24.1 Å². The van der Waals surface area contributed by atoms with Crippen molar-refractivity contribution in [3.05, 3.63) is 22.2 Å². The highest BCUT2D eigenvalue weighted by molar-refractivity contribution is 7.66. The Morgan fingerprint density at radius 3 is 2.30 bits per heavy atom. The van der Waals surface area contributed by atoms with Gasteiger partial charge in [-0.3, -0.25) is 9.09 Å². The molecular weight excluding hydrogens is 479 g/mol. The molecule has 0 saturated carbocycles. The number of aliphatic hydroxyl groups excluding tert-OH is 2. The van der Waals surface area contributed by atoms with Crippen molar-refractivity contribution in [3.8, 4) is 0 Å². The molecule has 0 aliphatic carbocycles. The van der Waals surface area contributed by atoms with E-state index in [-0.39, 0.29) is 5.82 Å². The molecule has 17 nitrogen and oxygen atoms in total. The van der Waals surface area contributed by atoms with Crippen LogP contribution in [0.25, 0.3) is 0 Å². The average molecular weight is 497 g/mol. The van der Waals surface area contributed by atoms with Gasteiger partial charge in [0.2, 0.25) is 0 Å². The van der Waals surface area contributed by atoms with E-state index in [0.29, 0.717) is 5.56 Å². The minimum atomic E-state index is -5.72. The number of phosphoric acid groups is 3. The Hall–Kier alpha value is -1.03. The van der Waals surface area contributed by atoms with Crippen LogP contribution in [0, 0.1) is 6.92 Å². The number of hydrogen-bond acceptors (Lipinski definition) is 12. The first-order valence-electron chi connectivity index (χ1n) is 7.66. The molecule has 1 aliphatic rings. The van der Waals surface area contributed by atoms with E-state index in [1.54, 1.807) is 0 Å². The average Bonchev–Trinajstić information content (AvgIpc) is 2.81. The lowest BCUT2D eigenvalue weighted by atomic mass is 10.1. The van der Waals surface area contributed by atoms with Gasteiger partial charge in [0, 0.05) is 11.8 Å². The molecule has 0 radical (unpaired) electrons. The molecule has 2 rings (SSSR count). The van der Waals surface area contributed by atoms with Crippen LogP contribution in [-0.4, -0.2) is 64.3 Å². The second-order valence-electron chi connectivity index (χ2n) is 5.93. The minimum Gasteiger partial charge on any atom is -0.387 e. The maximum atomic E-state index is 12.0. The van der Waals surface area contributed by atoms with Crippen LogP contribution in [0.5, 0.6) is 0 Å². The van der Waals surface area contributed by atoms with Gasteiger partial charge in [0.15, 0.2) is 6.23 Å². The number of aromatic nitrogens is 2. The molecule has 6 atom stereocenters. The van der Waals surface area contributed by atoms with E-state index in [0.717, 1.165) is 4.57 Å². The molecule has 1 aromatic heterocycles. The summed E-state index contributed by atoms with van der Waals surface area (Å²) in [4.78, 5) is 50.9. The fourth-order valence-electron chi connectivity index (χ4n) is 2.33. The molecule has 6 unspecified atom stereocenters. The highest BCUT2D eigenvalue weighted by Crippen LogP contribution is 2.66. The van der Waals surface area contributed by atoms with E-state index in [4.69, 9.17) is 25.2 Å². The van der Waals surface area contributed by atoms with Crippen LogP contribution in [0.15, 0.2) is 11.0 Å². The van der Waals surface area contributed by atoms with E-state index in [2.05, 4.69) is 18.1 Å². The van der Waals surface area contributed by atoms with Crippen molar-refractivity contribution in [2.45, 2.75) is 31.5 Å². The number of nitrogens with zero attached hydrogens (tertiary/aromatic N) is 2. The predicted molar refractivity (Wildman–Crippen MR) is 93.4 cm³/mol. The Morgan fingerprint density at radius 1 is 1.13 bits per heavy atom. The van der Waals surface area contributed by atoms with Gasteiger partial charge in [-0.1, -0.05) is 0 Å². The molecule has 0 amide bonds. The Kier molecular flexibility index (Phi) is 7.44. The molecule has 0 aromatic carbocycles. The summed E-state index contributed by atoms with van der Waals surface area (Å²) in [6.45, 7) is 0.484. The first kappa shape index (κ1) is 25.2. The molecule has 1 saturated heterocycles. The second kappa shape index (κ2) is 8.84. The third-order valence-electron chi connectivity index (χ3n) is 3.60. The minimum absolute atomic E-state index is 0.0755. The van der Waals surface area contributed by atoms with Gasteiger partial charge in [0.25, 0.3) is 0 Å². The van der Waals surface area contributed by atoms with Gasteiger partial charge < -0.3 is 40.3 Å². The van der Waals surface area contributed by atoms with Crippen molar-refractivity contribution in [2.75, 3.05) is 12.3 Å². The van der Waals surface area contributed by atoms with E-state index in [1.165, 1.54) is 13.1 Å². The number of anilines is 1. The number of phosphoric ester groups is 1. The van der Waals surface area contributed by atoms with Gasteiger partial charge in [-0.05, 0) is 6.92 Å². The normalized spacial score (nSPS) is 28.8. The molecular formula is C10H18N3O14P3. The van der Waals surface area contributed by atoms with Crippen LogP contribution in [0.1, 0.15) is 11.8 Å². The van der Waals surface area contributed by atoms with Gasteiger partial charge in [-0.25, -0.2) is 18.5 Å². The Bertz CT molecular complexity index is 992. The molecule has 172 valence electrons. The van der Waals surface area contributed by atoms with Crippen molar-refractivity contribution in [2.24, 2.45) is 0 Å². The van der Waals surface area contributed by atoms with Crippen LogP contribution < -0.4 is 11.4 Å². The lowest BCUT2D eigenvalue weighted by Gasteiger charge is -2.19. The van der Waals surface area contributed by atoms with Crippen molar-refractivity contribution in [3.63, 3.8) is 0 Å². The summed E-state index contributed by atoms with van der Waals surface area (Å²) in [5, 5.41) is 20.1. The summed E-state index contributed by atoms with van der Waals surface area (Å²) in [5.74, 6) is -0.0755. The molecule has 1 aromatic rings. The molecule has 8 N–H and O–H groups in total. The van der Waals surface area contributed by atoms with Crippen molar-refractivity contribution in [1.82, 2.24) is 9.55 Å².